The van der Waals surface area contributed by atoms with Gasteiger partial charge in [0.05, 0.1) is 16.6 Å². The lowest BCUT2D eigenvalue weighted by molar-refractivity contribution is -0.137. The fraction of sp³-hybridized carbons (Fsp3) is 0.605. The molecule has 1 aromatic heterocycles. The summed E-state index contributed by atoms with van der Waals surface area (Å²) in [7, 11) is 0. The summed E-state index contributed by atoms with van der Waals surface area (Å²) in [5, 5.41) is 12.5. The largest absolute Gasteiger partial charge is 0.444 e. The van der Waals surface area contributed by atoms with E-state index in [4.69, 9.17) is 9.72 Å². The van der Waals surface area contributed by atoms with E-state index in [0.29, 0.717) is 11.9 Å². The number of anilines is 1. The Bertz CT molecular complexity index is 1660. The number of fused-ring (bicyclic) bond motifs is 1. The average Bonchev–Trinajstić information content (AvgIpc) is 3.45. The Kier molecular flexibility index (Phi) is 11.3. The second-order valence-electron chi connectivity index (χ2n) is 15.5. The highest BCUT2D eigenvalue weighted by Gasteiger charge is 2.32. The molecule has 10 nitrogen and oxygen atoms in total. The van der Waals surface area contributed by atoms with E-state index in [-0.39, 0.29) is 30.2 Å². The molecule has 13 heteroatoms. The standard InChI is InChI=1S/C38H51F3N6O4/c1-37(2,3)51-36(50)46-15-13-26(14-16-46)23-44-17-19-45(20-18-44)24-28-9-12-33-32(21-28)42-35(47(33)31-10-7-27(25-48)8-11-31)43-34(49)29-5-4-6-30(22-29)38(39,40)41/h4-6,9,12,21-22,26-27,31,48H,7-8,10-11,13-20,23-25H2,1-3H3,(H,42,43,49). The second-order valence-corrected chi connectivity index (χ2v) is 15.5. The second kappa shape index (κ2) is 15.5. The normalized spacial score (nSPS) is 21.6. The number of benzene rings is 2. The monoisotopic (exact) mass is 712 g/mol. The van der Waals surface area contributed by atoms with Gasteiger partial charge in [0.1, 0.15) is 5.60 Å². The zero-order valence-corrected chi connectivity index (χ0v) is 29.9. The van der Waals surface area contributed by atoms with Gasteiger partial charge in [0.15, 0.2) is 0 Å². The fourth-order valence-electron chi connectivity index (χ4n) is 7.67. The van der Waals surface area contributed by atoms with E-state index < -0.39 is 23.2 Å². The Morgan fingerprint density at radius 2 is 1.57 bits per heavy atom. The number of nitrogens with one attached hydrogen (secondary N) is 1. The molecule has 3 heterocycles. The zero-order chi connectivity index (χ0) is 36.3. The maximum absolute atomic E-state index is 13.4. The van der Waals surface area contributed by atoms with Crippen LogP contribution in [0.15, 0.2) is 42.5 Å². The molecule has 2 amide bonds. The number of halogens is 3. The van der Waals surface area contributed by atoms with E-state index in [9.17, 15) is 27.9 Å². The van der Waals surface area contributed by atoms with E-state index in [1.807, 2.05) is 36.3 Å². The number of carbonyl (C=O) groups excluding carboxylic acids is 2. The van der Waals surface area contributed by atoms with E-state index in [1.165, 1.54) is 12.1 Å². The number of likely N-dealkylation sites (tertiary alicyclic amines) is 1. The van der Waals surface area contributed by atoms with Gasteiger partial charge in [0.25, 0.3) is 5.91 Å². The van der Waals surface area contributed by atoms with Gasteiger partial charge in [0, 0.05) is 70.6 Å². The molecule has 0 bridgehead atoms. The van der Waals surface area contributed by atoms with Crippen LogP contribution in [-0.2, 0) is 17.5 Å². The minimum Gasteiger partial charge on any atom is -0.444 e. The number of nitrogens with zero attached hydrogens (tertiary/aromatic N) is 5. The van der Waals surface area contributed by atoms with Crippen molar-refractivity contribution in [3.63, 3.8) is 0 Å². The van der Waals surface area contributed by atoms with Crippen LogP contribution in [0, 0.1) is 11.8 Å². The topological polar surface area (TPSA) is 103 Å². The molecule has 278 valence electrons. The van der Waals surface area contributed by atoms with Crippen molar-refractivity contribution in [2.24, 2.45) is 11.8 Å². The minimum atomic E-state index is -4.56. The number of imidazole rings is 1. The molecule has 2 saturated heterocycles. The van der Waals surface area contributed by atoms with Crippen molar-refractivity contribution in [2.45, 2.75) is 83.7 Å². The third-order valence-corrected chi connectivity index (χ3v) is 10.5. The SMILES string of the molecule is CC(C)(C)OC(=O)N1CCC(CN2CCN(Cc3ccc4c(c3)nc(NC(=O)c3cccc(C(F)(F)F)c3)n4C3CCC(CO)CC3)CC2)CC1. The highest BCUT2D eigenvalue weighted by Crippen LogP contribution is 2.37. The van der Waals surface area contributed by atoms with Crippen LogP contribution in [0.1, 0.15) is 86.8 Å². The molecule has 3 aromatic rings. The van der Waals surface area contributed by atoms with Gasteiger partial charge < -0.3 is 24.2 Å². The molecule has 0 spiro atoms. The van der Waals surface area contributed by atoms with Gasteiger partial charge in [-0.1, -0.05) is 12.1 Å². The van der Waals surface area contributed by atoms with Crippen molar-refractivity contribution in [1.82, 2.24) is 24.3 Å². The first-order chi connectivity index (χ1) is 24.3. The number of aliphatic hydroxyl groups is 1. The summed E-state index contributed by atoms with van der Waals surface area (Å²) in [6, 6.07) is 10.7. The van der Waals surface area contributed by atoms with Gasteiger partial charge in [-0.3, -0.25) is 15.0 Å². The van der Waals surface area contributed by atoms with Crippen LogP contribution in [0.2, 0.25) is 0 Å². The summed E-state index contributed by atoms with van der Waals surface area (Å²) in [6.07, 6.45) is 0.486. The predicted molar refractivity (Wildman–Crippen MR) is 189 cm³/mol. The van der Waals surface area contributed by atoms with Gasteiger partial charge >= 0.3 is 12.3 Å². The van der Waals surface area contributed by atoms with Gasteiger partial charge in [-0.25, -0.2) is 9.78 Å². The molecular formula is C38H51F3N6O4. The molecule has 2 aliphatic heterocycles. The van der Waals surface area contributed by atoms with E-state index >= 15 is 0 Å². The lowest BCUT2D eigenvalue weighted by atomic mass is 9.86. The third kappa shape index (κ3) is 9.41. The highest BCUT2D eigenvalue weighted by molar-refractivity contribution is 6.04. The first kappa shape index (κ1) is 37.1. The van der Waals surface area contributed by atoms with Gasteiger partial charge in [-0.05, 0) is 107 Å². The maximum Gasteiger partial charge on any atom is 0.416 e. The summed E-state index contributed by atoms with van der Waals surface area (Å²) in [5.74, 6) is 0.481. The summed E-state index contributed by atoms with van der Waals surface area (Å²) < 4.78 is 47.7. The molecular weight excluding hydrogens is 661 g/mol. The number of amides is 2. The van der Waals surface area contributed by atoms with E-state index in [2.05, 4.69) is 27.2 Å². The van der Waals surface area contributed by atoms with Gasteiger partial charge in [-0.15, -0.1) is 0 Å². The van der Waals surface area contributed by atoms with Crippen molar-refractivity contribution in [1.29, 1.82) is 0 Å². The van der Waals surface area contributed by atoms with Crippen LogP contribution < -0.4 is 5.32 Å². The van der Waals surface area contributed by atoms with Crippen LogP contribution in [0.25, 0.3) is 11.0 Å². The molecule has 0 radical (unpaired) electrons. The number of hydrogen-bond acceptors (Lipinski definition) is 7. The molecule has 0 atom stereocenters. The zero-order valence-electron chi connectivity index (χ0n) is 29.9. The number of rotatable bonds is 8. The third-order valence-electron chi connectivity index (χ3n) is 10.5. The first-order valence-electron chi connectivity index (χ1n) is 18.3. The number of alkyl halides is 3. The number of aromatic nitrogens is 2. The lowest BCUT2D eigenvalue weighted by Crippen LogP contribution is -2.49. The van der Waals surface area contributed by atoms with Crippen molar-refractivity contribution in [3.8, 4) is 0 Å². The Balaban J connectivity index is 1.09. The summed E-state index contributed by atoms with van der Waals surface area (Å²) in [6.45, 7) is 12.9. The van der Waals surface area contributed by atoms with Crippen molar-refractivity contribution in [3.05, 3.63) is 59.2 Å². The maximum atomic E-state index is 13.4. The number of aliphatic hydroxyl groups excluding tert-OH is 1. The Labute approximate surface area is 297 Å². The molecule has 6 rings (SSSR count). The Morgan fingerprint density at radius 1 is 0.882 bits per heavy atom. The number of hydrogen-bond donors (Lipinski definition) is 2. The molecule has 1 saturated carbocycles. The van der Waals surface area contributed by atoms with Crippen LogP contribution in [-0.4, -0.2) is 99.4 Å². The number of ether oxygens (including phenoxy) is 1. The Hall–Kier alpha value is -3.68. The predicted octanol–water partition coefficient (Wildman–Crippen LogP) is 6.80. The summed E-state index contributed by atoms with van der Waals surface area (Å²) >= 11 is 0. The fourth-order valence-corrected chi connectivity index (χ4v) is 7.67. The lowest BCUT2D eigenvalue weighted by Gasteiger charge is -2.39. The van der Waals surface area contributed by atoms with Crippen molar-refractivity contribution in [2.75, 3.05) is 57.7 Å². The highest BCUT2D eigenvalue weighted by atomic mass is 19.4. The molecule has 1 aliphatic carbocycles. The van der Waals surface area contributed by atoms with Crippen LogP contribution in [0.3, 0.4) is 0 Å². The van der Waals surface area contributed by atoms with Crippen molar-refractivity contribution >= 4 is 29.0 Å². The van der Waals surface area contributed by atoms with Gasteiger partial charge in [-0.2, -0.15) is 13.2 Å². The smallest absolute Gasteiger partial charge is 0.416 e. The quantitative estimate of drug-likeness (QED) is 0.265. The molecule has 0 unspecified atom stereocenters. The average molecular weight is 713 g/mol. The van der Waals surface area contributed by atoms with E-state index in [0.717, 1.165) is 120 Å². The number of piperazine rings is 1. The van der Waals surface area contributed by atoms with E-state index in [1.54, 1.807) is 0 Å². The molecule has 2 aromatic carbocycles. The van der Waals surface area contributed by atoms with Gasteiger partial charge in [0.2, 0.25) is 5.95 Å². The number of piperidine rings is 1. The summed E-state index contributed by atoms with van der Waals surface area (Å²) in [4.78, 5) is 37.3. The van der Waals surface area contributed by atoms with Crippen LogP contribution in [0.4, 0.5) is 23.9 Å². The first-order valence-corrected chi connectivity index (χ1v) is 18.3. The summed E-state index contributed by atoms with van der Waals surface area (Å²) in [5.41, 5.74) is 1.26. The Morgan fingerprint density at radius 3 is 2.22 bits per heavy atom. The van der Waals surface area contributed by atoms with Crippen molar-refractivity contribution < 1.29 is 32.6 Å². The molecule has 3 aliphatic rings. The minimum absolute atomic E-state index is 0.0399. The van der Waals surface area contributed by atoms with Crippen LogP contribution >= 0.6 is 0 Å². The molecule has 2 N–H and O–H groups in total. The number of carbonyl (C=O) groups is 2. The molecule has 51 heavy (non-hydrogen) atoms. The molecule has 3 fully saturated rings. The van der Waals surface area contributed by atoms with Crippen LogP contribution in [0.5, 0.6) is 0 Å².